The molecule has 1 spiro atoms. The van der Waals surface area contributed by atoms with Gasteiger partial charge in [0, 0.05) is 29.0 Å². The molecule has 2 aromatic rings. The van der Waals surface area contributed by atoms with E-state index in [4.69, 9.17) is 9.84 Å². The summed E-state index contributed by atoms with van der Waals surface area (Å²) in [6, 6.07) is 15.4. The Hall–Kier alpha value is -2.82. The van der Waals surface area contributed by atoms with Crippen LogP contribution in [0.1, 0.15) is 30.4 Å². The second kappa shape index (κ2) is 6.48. The zero-order valence-corrected chi connectivity index (χ0v) is 14.4. The maximum atomic E-state index is 12.8. The van der Waals surface area contributed by atoms with Crippen LogP contribution in [0.3, 0.4) is 0 Å². The van der Waals surface area contributed by atoms with Crippen LogP contribution in [0.2, 0.25) is 0 Å². The quantitative estimate of drug-likeness (QED) is 0.866. The summed E-state index contributed by atoms with van der Waals surface area (Å²) in [5.74, 6) is 0.0505. The largest absolute Gasteiger partial charge is 0.493 e. The van der Waals surface area contributed by atoms with Crippen LogP contribution in [0.5, 0.6) is 5.75 Å². The third kappa shape index (κ3) is 3.05. The predicted octanol–water partition coefficient (Wildman–Crippen LogP) is 3.38. The van der Waals surface area contributed by atoms with Crippen molar-refractivity contribution in [3.05, 3.63) is 59.7 Å². The summed E-state index contributed by atoms with van der Waals surface area (Å²) in [5.41, 5.74) is 2.67. The molecule has 2 unspecified atom stereocenters. The van der Waals surface area contributed by atoms with Crippen LogP contribution in [-0.4, -0.2) is 23.6 Å². The summed E-state index contributed by atoms with van der Waals surface area (Å²) in [5, 5.41) is 11.8. The second-order valence-electron chi connectivity index (χ2n) is 7.09. The van der Waals surface area contributed by atoms with Crippen LogP contribution in [0, 0.1) is 5.92 Å². The minimum atomic E-state index is -0.822. The Morgan fingerprint density at radius 1 is 1.19 bits per heavy atom. The lowest BCUT2D eigenvalue weighted by atomic mass is 9.87. The van der Waals surface area contributed by atoms with Gasteiger partial charge in [-0.2, -0.15) is 0 Å². The number of ether oxygens (including phenoxy) is 1. The minimum Gasteiger partial charge on any atom is -0.493 e. The molecule has 1 saturated carbocycles. The maximum Gasteiger partial charge on any atom is 0.303 e. The molecule has 0 aromatic heterocycles. The van der Waals surface area contributed by atoms with Gasteiger partial charge in [-0.1, -0.05) is 30.3 Å². The molecule has 1 fully saturated rings. The standard InChI is InChI=1S/C21H21NO4/c23-19(24)9-8-14-4-3-5-15(12-14)22-20(25)17-13-21(17)10-11-26-18-7-2-1-6-16(18)21/h1-7,12,17H,8-11,13H2,(H,22,25)(H,23,24). The van der Waals surface area contributed by atoms with Gasteiger partial charge < -0.3 is 15.2 Å². The van der Waals surface area contributed by atoms with Gasteiger partial charge >= 0.3 is 5.97 Å². The Labute approximate surface area is 152 Å². The third-order valence-corrected chi connectivity index (χ3v) is 5.44. The van der Waals surface area contributed by atoms with Crippen LogP contribution in [0.25, 0.3) is 0 Å². The lowest BCUT2D eigenvalue weighted by Gasteiger charge is -2.26. The van der Waals surface area contributed by atoms with Crippen molar-refractivity contribution in [3.8, 4) is 5.75 Å². The fraction of sp³-hybridized carbons (Fsp3) is 0.333. The monoisotopic (exact) mass is 351 g/mol. The highest BCUT2D eigenvalue weighted by Gasteiger charge is 2.60. The highest BCUT2D eigenvalue weighted by atomic mass is 16.5. The number of carboxylic acid groups (broad SMARTS) is 1. The van der Waals surface area contributed by atoms with E-state index < -0.39 is 5.97 Å². The molecule has 1 amide bonds. The number of nitrogens with one attached hydrogen (secondary N) is 1. The van der Waals surface area contributed by atoms with E-state index in [9.17, 15) is 9.59 Å². The summed E-state index contributed by atoms with van der Waals surface area (Å²) >= 11 is 0. The second-order valence-corrected chi connectivity index (χ2v) is 7.09. The minimum absolute atomic E-state index is 0.0251. The van der Waals surface area contributed by atoms with E-state index in [0.717, 1.165) is 35.4 Å². The molecule has 26 heavy (non-hydrogen) atoms. The first-order valence-corrected chi connectivity index (χ1v) is 8.92. The number of benzene rings is 2. The molecule has 4 rings (SSSR count). The molecule has 5 heteroatoms. The molecule has 1 aliphatic carbocycles. The van der Waals surface area contributed by atoms with Crippen LogP contribution in [0.15, 0.2) is 48.5 Å². The van der Waals surface area contributed by atoms with Gasteiger partial charge in [0.1, 0.15) is 5.75 Å². The van der Waals surface area contributed by atoms with E-state index in [-0.39, 0.29) is 23.7 Å². The molecule has 2 aliphatic rings. The number of amides is 1. The number of fused-ring (bicyclic) bond motifs is 2. The number of carboxylic acids is 1. The topological polar surface area (TPSA) is 75.6 Å². The van der Waals surface area contributed by atoms with Gasteiger partial charge in [0.2, 0.25) is 5.91 Å². The fourth-order valence-corrected chi connectivity index (χ4v) is 3.99. The first-order valence-electron chi connectivity index (χ1n) is 8.92. The molecule has 0 bridgehead atoms. The first-order chi connectivity index (χ1) is 12.6. The maximum absolute atomic E-state index is 12.8. The summed E-state index contributed by atoms with van der Waals surface area (Å²) in [6.45, 7) is 0.644. The summed E-state index contributed by atoms with van der Waals surface area (Å²) < 4.78 is 5.73. The van der Waals surface area contributed by atoms with E-state index in [1.165, 1.54) is 0 Å². The van der Waals surface area contributed by atoms with E-state index in [1.54, 1.807) is 0 Å². The average Bonchev–Trinajstić information content (AvgIpc) is 3.36. The molecular weight excluding hydrogens is 330 g/mol. The normalized spacial score (nSPS) is 23.0. The SMILES string of the molecule is O=C(O)CCc1cccc(NC(=O)C2CC23CCOc2ccccc23)c1. The highest BCUT2D eigenvalue weighted by Crippen LogP contribution is 2.60. The number of anilines is 1. The van der Waals surface area contributed by atoms with E-state index >= 15 is 0 Å². The lowest BCUT2D eigenvalue weighted by molar-refractivity contribution is -0.137. The molecule has 0 saturated heterocycles. The Bertz CT molecular complexity index is 863. The van der Waals surface area contributed by atoms with Gasteiger partial charge in [0.15, 0.2) is 0 Å². The number of carbonyl (C=O) groups is 2. The van der Waals surface area contributed by atoms with Crippen molar-refractivity contribution in [3.63, 3.8) is 0 Å². The molecule has 134 valence electrons. The van der Waals surface area contributed by atoms with Gasteiger partial charge in [-0.05, 0) is 43.0 Å². The molecule has 1 aliphatic heterocycles. The number of para-hydroxylation sites is 1. The van der Waals surface area contributed by atoms with Crippen molar-refractivity contribution in [1.29, 1.82) is 0 Å². The molecule has 5 nitrogen and oxygen atoms in total. The van der Waals surface area contributed by atoms with Crippen molar-refractivity contribution < 1.29 is 19.4 Å². The van der Waals surface area contributed by atoms with Crippen molar-refractivity contribution in [2.45, 2.75) is 31.1 Å². The third-order valence-electron chi connectivity index (χ3n) is 5.44. The molecular formula is C21H21NO4. The van der Waals surface area contributed by atoms with Crippen molar-refractivity contribution in [2.24, 2.45) is 5.92 Å². The fourth-order valence-electron chi connectivity index (χ4n) is 3.99. The number of carbonyl (C=O) groups excluding carboxylic acids is 1. The van der Waals surface area contributed by atoms with Gasteiger partial charge in [0.05, 0.1) is 6.61 Å². The van der Waals surface area contributed by atoms with Crippen LogP contribution in [0.4, 0.5) is 5.69 Å². The number of hydrogen-bond donors (Lipinski definition) is 2. The number of rotatable bonds is 5. The molecule has 2 atom stereocenters. The van der Waals surface area contributed by atoms with E-state index in [1.807, 2.05) is 42.5 Å². The number of aliphatic carboxylic acids is 1. The number of hydrogen-bond acceptors (Lipinski definition) is 3. The average molecular weight is 351 g/mol. The predicted molar refractivity (Wildman–Crippen MR) is 97.4 cm³/mol. The Morgan fingerprint density at radius 3 is 2.88 bits per heavy atom. The van der Waals surface area contributed by atoms with Gasteiger partial charge in [-0.25, -0.2) is 0 Å². The molecule has 1 heterocycles. The lowest BCUT2D eigenvalue weighted by Crippen LogP contribution is -2.26. The van der Waals surface area contributed by atoms with Crippen LogP contribution < -0.4 is 10.1 Å². The van der Waals surface area contributed by atoms with Gasteiger partial charge in [0.25, 0.3) is 0 Å². The van der Waals surface area contributed by atoms with Crippen molar-refractivity contribution in [1.82, 2.24) is 0 Å². The Morgan fingerprint density at radius 2 is 2.04 bits per heavy atom. The molecule has 0 radical (unpaired) electrons. The van der Waals surface area contributed by atoms with Gasteiger partial charge in [-0.15, -0.1) is 0 Å². The van der Waals surface area contributed by atoms with Gasteiger partial charge in [-0.3, -0.25) is 9.59 Å². The van der Waals surface area contributed by atoms with Crippen molar-refractivity contribution >= 4 is 17.6 Å². The molecule has 2 aromatic carbocycles. The first kappa shape index (κ1) is 16.6. The highest BCUT2D eigenvalue weighted by molar-refractivity contribution is 5.96. The summed E-state index contributed by atoms with van der Waals surface area (Å²) in [7, 11) is 0. The van der Waals surface area contributed by atoms with E-state index in [0.29, 0.717) is 13.0 Å². The smallest absolute Gasteiger partial charge is 0.303 e. The van der Waals surface area contributed by atoms with E-state index in [2.05, 4.69) is 11.4 Å². The Balaban J connectivity index is 1.46. The number of aryl methyl sites for hydroxylation is 1. The van der Waals surface area contributed by atoms with Crippen LogP contribution >= 0.6 is 0 Å². The zero-order chi connectivity index (χ0) is 18.1. The van der Waals surface area contributed by atoms with Crippen molar-refractivity contribution in [2.75, 3.05) is 11.9 Å². The molecule has 2 N–H and O–H groups in total. The Kier molecular flexibility index (Phi) is 4.15. The zero-order valence-electron chi connectivity index (χ0n) is 14.4. The summed E-state index contributed by atoms with van der Waals surface area (Å²) in [4.78, 5) is 23.5. The van der Waals surface area contributed by atoms with Crippen LogP contribution in [-0.2, 0) is 21.4 Å². The summed E-state index contributed by atoms with van der Waals surface area (Å²) in [6.07, 6.45) is 2.25.